The summed E-state index contributed by atoms with van der Waals surface area (Å²) in [4.78, 5) is 1.76. The third-order valence-corrected chi connectivity index (χ3v) is 7.71. The van der Waals surface area contributed by atoms with Crippen molar-refractivity contribution in [2.75, 3.05) is 26.2 Å². The third-order valence-electron chi connectivity index (χ3n) is 5.40. The van der Waals surface area contributed by atoms with E-state index >= 15 is 0 Å². The number of piperazine rings is 1. The molecule has 1 aliphatic carbocycles. The highest BCUT2D eigenvalue weighted by molar-refractivity contribution is 7.89. The molecule has 0 spiro atoms. The van der Waals surface area contributed by atoms with E-state index in [2.05, 4.69) is 12.2 Å². The van der Waals surface area contributed by atoms with Gasteiger partial charge in [0.1, 0.15) is 10.7 Å². The Morgan fingerprint density at radius 3 is 2.46 bits per heavy atom. The van der Waals surface area contributed by atoms with E-state index in [0.717, 1.165) is 6.42 Å². The molecule has 0 unspecified atom stereocenters. The van der Waals surface area contributed by atoms with Gasteiger partial charge in [-0.1, -0.05) is 31.9 Å². The predicted octanol–water partition coefficient (Wildman–Crippen LogP) is 2.59. The summed E-state index contributed by atoms with van der Waals surface area (Å²) in [6, 6.07) is 5.91. The zero-order valence-electron chi connectivity index (χ0n) is 15.0. The number of benzene rings is 1. The summed E-state index contributed by atoms with van der Waals surface area (Å²) in [5, 5.41) is 4.16. The number of nitrogens with zero attached hydrogens (tertiary/aromatic N) is 2. The Morgan fingerprint density at radius 1 is 1.15 bits per heavy atom. The van der Waals surface area contributed by atoms with E-state index in [1.165, 1.54) is 47.8 Å². The first-order chi connectivity index (χ1) is 12.4. The summed E-state index contributed by atoms with van der Waals surface area (Å²) in [6.07, 6.45) is 4.84. The molecule has 0 aromatic heterocycles. The molecule has 2 fully saturated rings. The van der Waals surface area contributed by atoms with Gasteiger partial charge < -0.3 is 10.2 Å². The molecule has 2 aliphatic rings. The van der Waals surface area contributed by atoms with Gasteiger partial charge in [-0.3, -0.25) is 0 Å². The summed E-state index contributed by atoms with van der Waals surface area (Å²) < 4.78 is 40.6. The van der Waals surface area contributed by atoms with Gasteiger partial charge in [0.05, 0.1) is 0 Å². The second kappa shape index (κ2) is 8.19. The SMILES string of the molecule is C[C@H]1CCCC[C@@H]1NC(=S)N1CCN(S(=O)(=O)c2ccccc2F)CC1. The lowest BCUT2D eigenvalue weighted by molar-refractivity contribution is 0.251. The average Bonchev–Trinajstić information content (AvgIpc) is 2.64. The molecule has 144 valence electrons. The van der Waals surface area contributed by atoms with Crippen LogP contribution in [-0.2, 0) is 10.0 Å². The van der Waals surface area contributed by atoms with E-state index in [1.54, 1.807) is 0 Å². The van der Waals surface area contributed by atoms with Crippen LogP contribution in [0, 0.1) is 11.7 Å². The third kappa shape index (κ3) is 4.18. The minimum Gasteiger partial charge on any atom is -0.360 e. The van der Waals surface area contributed by atoms with Gasteiger partial charge in [0.2, 0.25) is 10.0 Å². The summed E-state index contributed by atoms with van der Waals surface area (Å²) in [5.74, 6) is -0.108. The summed E-state index contributed by atoms with van der Waals surface area (Å²) in [7, 11) is -3.81. The predicted molar refractivity (Wildman–Crippen MR) is 104 cm³/mol. The highest BCUT2D eigenvalue weighted by Crippen LogP contribution is 2.24. The Morgan fingerprint density at radius 2 is 1.81 bits per heavy atom. The molecule has 1 aromatic rings. The van der Waals surface area contributed by atoms with Crippen molar-refractivity contribution >= 4 is 27.4 Å². The van der Waals surface area contributed by atoms with Gasteiger partial charge in [0.25, 0.3) is 0 Å². The number of nitrogens with one attached hydrogen (secondary N) is 1. The van der Waals surface area contributed by atoms with Crippen LogP contribution < -0.4 is 5.32 Å². The number of sulfonamides is 1. The van der Waals surface area contributed by atoms with Crippen molar-refractivity contribution in [3.05, 3.63) is 30.1 Å². The van der Waals surface area contributed by atoms with Crippen molar-refractivity contribution in [1.29, 1.82) is 0 Å². The van der Waals surface area contributed by atoms with E-state index in [1.807, 2.05) is 4.90 Å². The summed E-state index contributed by atoms with van der Waals surface area (Å²) >= 11 is 5.54. The molecule has 1 N–H and O–H groups in total. The molecule has 1 saturated heterocycles. The lowest BCUT2D eigenvalue weighted by Crippen LogP contribution is -2.55. The number of hydrogen-bond acceptors (Lipinski definition) is 3. The van der Waals surface area contributed by atoms with Gasteiger partial charge >= 0.3 is 0 Å². The van der Waals surface area contributed by atoms with Crippen LogP contribution in [0.1, 0.15) is 32.6 Å². The highest BCUT2D eigenvalue weighted by Gasteiger charge is 2.31. The van der Waals surface area contributed by atoms with Crippen molar-refractivity contribution in [2.24, 2.45) is 5.92 Å². The fraction of sp³-hybridized carbons (Fsp3) is 0.611. The first-order valence-corrected chi connectivity index (χ1v) is 11.0. The molecule has 0 radical (unpaired) electrons. The van der Waals surface area contributed by atoms with E-state index < -0.39 is 15.8 Å². The Balaban J connectivity index is 1.58. The first kappa shape index (κ1) is 19.5. The monoisotopic (exact) mass is 399 g/mol. The molecule has 8 heteroatoms. The van der Waals surface area contributed by atoms with Crippen LogP contribution in [0.25, 0.3) is 0 Å². The number of halogens is 1. The fourth-order valence-corrected chi connectivity index (χ4v) is 5.53. The van der Waals surface area contributed by atoms with Crippen LogP contribution in [0.3, 0.4) is 0 Å². The van der Waals surface area contributed by atoms with Gasteiger partial charge in [0, 0.05) is 32.2 Å². The second-order valence-electron chi connectivity index (χ2n) is 7.14. The van der Waals surface area contributed by atoms with Crippen LogP contribution in [0.15, 0.2) is 29.2 Å². The molecule has 1 aliphatic heterocycles. The Hall–Kier alpha value is -1.25. The number of thiocarbonyl (C=S) groups is 1. The molecule has 1 heterocycles. The number of hydrogen-bond donors (Lipinski definition) is 1. The van der Waals surface area contributed by atoms with Gasteiger partial charge in [-0.25, -0.2) is 12.8 Å². The van der Waals surface area contributed by atoms with Gasteiger partial charge in [-0.15, -0.1) is 0 Å². The molecule has 5 nitrogen and oxygen atoms in total. The van der Waals surface area contributed by atoms with Gasteiger partial charge in [-0.05, 0) is 43.1 Å². The maximum absolute atomic E-state index is 13.9. The van der Waals surface area contributed by atoms with Crippen molar-refractivity contribution in [3.8, 4) is 0 Å². The Labute approximate surface area is 160 Å². The topological polar surface area (TPSA) is 52.6 Å². The molecule has 1 saturated carbocycles. The minimum atomic E-state index is -3.81. The quantitative estimate of drug-likeness (QED) is 0.792. The maximum Gasteiger partial charge on any atom is 0.246 e. The van der Waals surface area contributed by atoms with E-state index in [-0.39, 0.29) is 4.90 Å². The van der Waals surface area contributed by atoms with Crippen LogP contribution >= 0.6 is 12.2 Å². The fourth-order valence-electron chi connectivity index (χ4n) is 3.71. The highest BCUT2D eigenvalue weighted by atomic mass is 32.2. The number of rotatable bonds is 3. The largest absolute Gasteiger partial charge is 0.360 e. The zero-order valence-corrected chi connectivity index (χ0v) is 16.7. The van der Waals surface area contributed by atoms with Crippen molar-refractivity contribution < 1.29 is 12.8 Å². The van der Waals surface area contributed by atoms with Crippen LogP contribution in [0.4, 0.5) is 4.39 Å². The van der Waals surface area contributed by atoms with Gasteiger partial charge in [0.15, 0.2) is 5.11 Å². The normalized spacial score (nSPS) is 25.1. The average molecular weight is 400 g/mol. The first-order valence-electron chi connectivity index (χ1n) is 9.19. The molecule has 0 bridgehead atoms. The van der Waals surface area contributed by atoms with Crippen LogP contribution in [0.2, 0.25) is 0 Å². The lowest BCUT2D eigenvalue weighted by atomic mass is 9.86. The van der Waals surface area contributed by atoms with Crippen molar-refractivity contribution in [2.45, 2.75) is 43.5 Å². The summed E-state index contributed by atoms with van der Waals surface area (Å²) in [5.41, 5.74) is 0. The Kier molecular flexibility index (Phi) is 6.14. The van der Waals surface area contributed by atoms with E-state index in [4.69, 9.17) is 12.2 Å². The minimum absolute atomic E-state index is 0.259. The van der Waals surface area contributed by atoms with Crippen LogP contribution in [0.5, 0.6) is 0 Å². The molecule has 26 heavy (non-hydrogen) atoms. The molecule has 0 amide bonds. The zero-order chi connectivity index (χ0) is 18.7. The van der Waals surface area contributed by atoms with Gasteiger partial charge in [-0.2, -0.15) is 4.31 Å². The standard InChI is InChI=1S/C18H26FN3O2S2/c1-14-6-2-4-8-16(14)20-18(25)21-10-12-22(13-11-21)26(23,24)17-9-5-3-7-15(17)19/h3,5,7,9,14,16H,2,4,6,8,10-13H2,1H3,(H,20,25)/t14-,16-/m0/s1. The maximum atomic E-state index is 13.9. The Bertz CT molecular complexity index is 749. The molecular weight excluding hydrogens is 373 g/mol. The molecule has 1 aromatic carbocycles. The second-order valence-corrected chi connectivity index (χ2v) is 9.43. The summed E-state index contributed by atoms with van der Waals surface area (Å²) in [6.45, 7) is 3.89. The van der Waals surface area contributed by atoms with Crippen molar-refractivity contribution in [1.82, 2.24) is 14.5 Å². The van der Waals surface area contributed by atoms with E-state index in [0.29, 0.717) is 43.3 Å². The van der Waals surface area contributed by atoms with Crippen molar-refractivity contribution in [3.63, 3.8) is 0 Å². The molecule has 2 atom stereocenters. The molecular formula is C18H26FN3O2S2. The molecule has 3 rings (SSSR count). The smallest absolute Gasteiger partial charge is 0.246 e. The van der Waals surface area contributed by atoms with E-state index in [9.17, 15) is 12.8 Å². The van der Waals surface area contributed by atoms with Crippen LogP contribution in [-0.4, -0.2) is 55.0 Å². The lowest BCUT2D eigenvalue weighted by Gasteiger charge is -2.38.